The average molecular weight is 346 g/mol. The van der Waals surface area contributed by atoms with Gasteiger partial charge in [0, 0.05) is 30.0 Å². The van der Waals surface area contributed by atoms with Gasteiger partial charge in [-0.05, 0) is 43.2 Å². The number of aliphatic imine (C=N–C) groups is 1. The molecular weight excluding hydrogens is 324 g/mol. The second-order valence-corrected chi connectivity index (χ2v) is 5.97. The monoisotopic (exact) mass is 346 g/mol. The van der Waals surface area contributed by atoms with Gasteiger partial charge in [-0.1, -0.05) is 30.2 Å². The summed E-state index contributed by atoms with van der Waals surface area (Å²) < 4.78 is 0. The summed E-state index contributed by atoms with van der Waals surface area (Å²) in [5.74, 6) is 3.11. The molecule has 1 heterocycles. The van der Waals surface area contributed by atoms with Crippen LogP contribution >= 0.6 is 0 Å². The molecule has 2 aromatic carbocycles. The summed E-state index contributed by atoms with van der Waals surface area (Å²) >= 11 is 0. The first-order valence-electron chi connectivity index (χ1n) is 8.71. The van der Waals surface area contributed by atoms with Gasteiger partial charge >= 0.3 is 0 Å². The molecule has 26 heavy (non-hydrogen) atoms. The van der Waals surface area contributed by atoms with Crippen LogP contribution in [0.2, 0.25) is 0 Å². The molecule has 132 valence electrons. The number of hydrogen-bond acceptors (Lipinski definition) is 2. The predicted octanol–water partition coefficient (Wildman–Crippen LogP) is 2.63. The Morgan fingerprint density at radius 1 is 1.27 bits per heavy atom. The van der Waals surface area contributed by atoms with Gasteiger partial charge < -0.3 is 15.5 Å². The van der Waals surface area contributed by atoms with Crippen molar-refractivity contribution in [2.45, 2.75) is 13.3 Å². The SMILES string of the molecule is C#Cc1cccc(NC(=O)CN=C(NCC)N2CCc3ccccc32)c1. The first-order chi connectivity index (χ1) is 12.7. The van der Waals surface area contributed by atoms with Crippen LogP contribution in [0.5, 0.6) is 0 Å². The number of amides is 1. The van der Waals surface area contributed by atoms with Gasteiger partial charge in [0.2, 0.25) is 5.91 Å². The summed E-state index contributed by atoms with van der Waals surface area (Å²) in [7, 11) is 0. The van der Waals surface area contributed by atoms with Crippen LogP contribution in [0.25, 0.3) is 0 Å². The van der Waals surface area contributed by atoms with E-state index >= 15 is 0 Å². The summed E-state index contributed by atoms with van der Waals surface area (Å²) in [5, 5.41) is 6.11. The number of hydrogen-bond donors (Lipinski definition) is 2. The molecule has 0 radical (unpaired) electrons. The summed E-state index contributed by atoms with van der Waals surface area (Å²) in [6.45, 7) is 3.66. The van der Waals surface area contributed by atoms with Crippen LogP contribution in [0, 0.1) is 12.3 Å². The van der Waals surface area contributed by atoms with Crippen LogP contribution in [0.3, 0.4) is 0 Å². The van der Waals surface area contributed by atoms with Crippen LogP contribution < -0.4 is 15.5 Å². The minimum Gasteiger partial charge on any atom is -0.356 e. The zero-order valence-electron chi connectivity index (χ0n) is 14.8. The Morgan fingerprint density at radius 2 is 2.12 bits per heavy atom. The van der Waals surface area contributed by atoms with Crippen molar-refractivity contribution in [1.82, 2.24) is 5.32 Å². The number of guanidine groups is 1. The van der Waals surface area contributed by atoms with E-state index in [2.05, 4.69) is 38.6 Å². The number of carbonyl (C=O) groups excluding carboxylic acids is 1. The second-order valence-electron chi connectivity index (χ2n) is 5.97. The number of anilines is 2. The molecule has 0 bridgehead atoms. The summed E-state index contributed by atoms with van der Waals surface area (Å²) in [5.41, 5.74) is 3.86. The minimum absolute atomic E-state index is 0.0429. The highest BCUT2D eigenvalue weighted by molar-refractivity contribution is 6.00. The largest absolute Gasteiger partial charge is 0.356 e. The normalized spacial score (nSPS) is 13.1. The fourth-order valence-corrected chi connectivity index (χ4v) is 2.99. The van der Waals surface area contributed by atoms with Gasteiger partial charge in [-0.2, -0.15) is 0 Å². The van der Waals surface area contributed by atoms with E-state index in [0.29, 0.717) is 5.69 Å². The molecule has 0 saturated carbocycles. The average Bonchev–Trinajstić information content (AvgIpc) is 3.09. The Hall–Kier alpha value is -3.26. The van der Waals surface area contributed by atoms with Crippen LogP contribution in [0.1, 0.15) is 18.1 Å². The number of rotatable bonds is 4. The summed E-state index contributed by atoms with van der Waals surface area (Å²) in [4.78, 5) is 18.9. The lowest BCUT2D eigenvalue weighted by Crippen LogP contribution is -2.41. The van der Waals surface area contributed by atoms with Crippen LogP contribution in [0.4, 0.5) is 11.4 Å². The van der Waals surface area contributed by atoms with Gasteiger partial charge in [-0.25, -0.2) is 4.99 Å². The van der Waals surface area contributed by atoms with Crippen molar-refractivity contribution in [3.05, 3.63) is 59.7 Å². The maximum atomic E-state index is 12.3. The Balaban J connectivity index is 1.70. The number of nitrogens with zero attached hydrogens (tertiary/aromatic N) is 2. The number of nitrogens with one attached hydrogen (secondary N) is 2. The number of carbonyl (C=O) groups is 1. The van der Waals surface area contributed by atoms with E-state index in [1.165, 1.54) is 5.56 Å². The van der Waals surface area contributed by atoms with E-state index in [1.807, 2.05) is 37.3 Å². The molecule has 0 fully saturated rings. The fraction of sp³-hybridized carbons (Fsp3) is 0.238. The van der Waals surface area contributed by atoms with Crippen LogP contribution in [0.15, 0.2) is 53.5 Å². The predicted molar refractivity (Wildman–Crippen MR) is 106 cm³/mol. The third kappa shape index (κ3) is 4.04. The van der Waals surface area contributed by atoms with Crippen molar-refractivity contribution in [2.24, 2.45) is 4.99 Å². The quantitative estimate of drug-likeness (QED) is 0.508. The molecule has 5 heteroatoms. The van der Waals surface area contributed by atoms with Gasteiger partial charge in [0.25, 0.3) is 0 Å². The van der Waals surface area contributed by atoms with Gasteiger partial charge in [-0.3, -0.25) is 4.79 Å². The van der Waals surface area contributed by atoms with E-state index in [-0.39, 0.29) is 12.5 Å². The Labute approximate surface area is 154 Å². The molecule has 5 nitrogen and oxygen atoms in total. The Kier molecular flexibility index (Phi) is 5.55. The van der Waals surface area contributed by atoms with E-state index in [9.17, 15) is 4.79 Å². The lowest BCUT2D eigenvalue weighted by atomic mass is 10.2. The van der Waals surface area contributed by atoms with Crippen molar-refractivity contribution in [1.29, 1.82) is 0 Å². The minimum atomic E-state index is -0.179. The number of fused-ring (bicyclic) bond motifs is 1. The van der Waals surface area contributed by atoms with Crippen molar-refractivity contribution in [3.8, 4) is 12.3 Å². The maximum absolute atomic E-state index is 12.3. The Bertz CT molecular complexity index is 866. The third-order valence-electron chi connectivity index (χ3n) is 4.16. The number of benzene rings is 2. The highest BCUT2D eigenvalue weighted by Crippen LogP contribution is 2.27. The summed E-state index contributed by atoms with van der Waals surface area (Å²) in [6.07, 6.45) is 6.37. The highest BCUT2D eigenvalue weighted by Gasteiger charge is 2.22. The van der Waals surface area contributed by atoms with Gasteiger partial charge in [-0.15, -0.1) is 6.42 Å². The molecule has 0 atom stereocenters. The molecule has 2 aromatic rings. The highest BCUT2D eigenvalue weighted by atomic mass is 16.1. The molecule has 2 N–H and O–H groups in total. The smallest absolute Gasteiger partial charge is 0.246 e. The lowest BCUT2D eigenvalue weighted by Gasteiger charge is -2.22. The van der Waals surface area contributed by atoms with Crippen molar-refractivity contribution in [3.63, 3.8) is 0 Å². The number of terminal acetylenes is 1. The zero-order chi connectivity index (χ0) is 18.4. The molecule has 1 aliphatic rings. The van der Waals surface area contributed by atoms with Crippen LogP contribution in [-0.4, -0.2) is 31.5 Å². The standard InChI is InChI=1S/C21H22N4O/c1-3-16-8-7-10-18(14-16)24-20(26)15-23-21(22-4-2)25-13-12-17-9-5-6-11-19(17)25/h1,5-11,14H,4,12-13,15H2,2H3,(H,22,23)(H,24,26). The fourth-order valence-electron chi connectivity index (χ4n) is 2.99. The zero-order valence-corrected chi connectivity index (χ0v) is 14.8. The first kappa shape index (κ1) is 17.6. The molecule has 0 saturated heterocycles. The van der Waals surface area contributed by atoms with E-state index < -0.39 is 0 Å². The van der Waals surface area contributed by atoms with Crippen molar-refractivity contribution >= 4 is 23.2 Å². The molecule has 1 aliphatic heterocycles. The first-order valence-corrected chi connectivity index (χ1v) is 8.71. The topological polar surface area (TPSA) is 56.7 Å². The van der Waals surface area contributed by atoms with Crippen molar-refractivity contribution < 1.29 is 4.79 Å². The van der Waals surface area contributed by atoms with Crippen LogP contribution in [-0.2, 0) is 11.2 Å². The van der Waals surface area contributed by atoms with Gasteiger partial charge in [0.15, 0.2) is 5.96 Å². The number of para-hydroxylation sites is 1. The molecule has 3 rings (SSSR count). The molecule has 0 spiro atoms. The summed E-state index contributed by atoms with van der Waals surface area (Å²) in [6, 6.07) is 15.5. The van der Waals surface area contributed by atoms with E-state index in [4.69, 9.17) is 6.42 Å². The Morgan fingerprint density at radius 3 is 2.92 bits per heavy atom. The van der Waals surface area contributed by atoms with Gasteiger partial charge in [0.1, 0.15) is 6.54 Å². The molecular formula is C21H22N4O. The lowest BCUT2D eigenvalue weighted by molar-refractivity contribution is -0.114. The third-order valence-corrected chi connectivity index (χ3v) is 4.16. The molecule has 0 aromatic heterocycles. The molecule has 0 aliphatic carbocycles. The maximum Gasteiger partial charge on any atom is 0.246 e. The molecule has 0 unspecified atom stereocenters. The second kappa shape index (κ2) is 8.21. The van der Waals surface area contributed by atoms with E-state index in [0.717, 1.165) is 36.7 Å². The molecule has 1 amide bonds. The van der Waals surface area contributed by atoms with Crippen molar-refractivity contribution in [2.75, 3.05) is 29.9 Å². The van der Waals surface area contributed by atoms with Gasteiger partial charge in [0.05, 0.1) is 0 Å². The van der Waals surface area contributed by atoms with E-state index in [1.54, 1.807) is 6.07 Å².